The van der Waals surface area contributed by atoms with Crippen molar-refractivity contribution < 1.29 is 4.79 Å². The van der Waals surface area contributed by atoms with E-state index in [4.69, 9.17) is 0 Å². The summed E-state index contributed by atoms with van der Waals surface area (Å²) in [6, 6.07) is 7.93. The number of hydrogen-bond acceptors (Lipinski definition) is 4. The summed E-state index contributed by atoms with van der Waals surface area (Å²) < 4.78 is 2.49. The molecule has 0 saturated carbocycles. The summed E-state index contributed by atoms with van der Waals surface area (Å²) in [6.07, 6.45) is 3.61. The zero-order valence-electron chi connectivity index (χ0n) is 13.4. The molecular formula is C17H21N3OS2. The van der Waals surface area contributed by atoms with E-state index in [1.54, 1.807) is 6.20 Å². The van der Waals surface area contributed by atoms with Crippen LogP contribution in [-0.2, 0) is 6.54 Å². The fourth-order valence-electron chi connectivity index (χ4n) is 2.49. The third kappa shape index (κ3) is 4.12. The molecule has 2 aromatic rings. The van der Waals surface area contributed by atoms with Crippen LogP contribution in [0.5, 0.6) is 0 Å². The second-order valence-corrected chi connectivity index (χ2v) is 8.67. The number of rotatable bonds is 5. The van der Waals surface area contributed by atoms with Crippen LogP contribution < -0.4 is 5.32 Å². The molecule has 0 unspecified atom stereocenters. The van der Waals surface area contributed by atoms with Crippen molar-refractivity contribution in [1.82, 2.24) is 9.55 Å². The van der Waals surface area contributed by atoms with E-state index in [0.717, 1.165) is 6.54 Å². The van der Waals surface area contributed by atoms with Gasteiger partial charge in [0.1, 0.15) is 0 Å². The summed E-state index contributed by atoms with van der Waals surface area (Å²) in [5.41, 5.74) is 1.95. The zero-order valence-corrected chi connectivity index (χ0v) is 15.0. The van der Waals surface area contributed by atoms with Gasteiger partial charge in [-0.05, 0) is 23.6 Å². The highest BCUT2D eigenvalue weighted by Gasteiger charge is 2.18. The van der Waals surface area contributed by atoms with E-state index in [2.05, 4.69) is 36.3 Å². The Bertz CT molecular complexity index is 661. The van der Waals surface area contributed by atoms with Crippen LogP contribution in [0.25, 0.3) is 0 Å². The Morgan fingerprint density at radius 3 is 2.65 bits per heavy atom. The molecule has 23 heavy (non-hydrogen) atoms. The van der Waals surface area contributed by atoms with Crippen molar-refractivity contribution in [3.05, 3.63) is 47.8 Å². The lowest BCUT2D eigenvalue weighted by molar-refractivity contribution is 0.102. The van der Waals surface area contributed by atoms with Crippen molar-refractivity contribution in [2.24, 2.45) is 5.92 Å². The topological polar surface area (TPSA) is 46.9 Å². The van der Waals surface area contributed by atoms with Crippen molar-refractivity contribution in [1.29, 1.82) is 0 Å². The van der Waals surface area contributed by atoms with Crippen LogP contribution in [-0.4, -0.2) is 27.0 Å². The number of benzene rings is 1. The van der Waals surface area contributed by atoms with Gasteiger partial charge in [0.2, 0.25) is 5.95 Å². The van der Waals surface area contributed by atoms with E-state index >= 15 is 0 Å². The molecule has 1 aromatic heterocycles. The minimum Gasteiger partial charge on any atom is -0.317 e. The van der Waals surface area contributed by atoms with E-state index in [1.807, 2.05) is 46.4 Å². The lowest BCUT2D eigenvalue weighted by Gasteiger charge is -2.12. The van der Waals surface area contributed by atoms with Gasteiger partial charge in [-0.1, -0.05) is 26.0 Å². The minimum atomic E-state index is -0.112. The summed E-state index contributed by atoms with van der Waals surface area (Å²) in [7, 11) is 0. The van der Waals surface area contributed by atoms with Gasteiger partial charge in [-0.2, -0.15) is 0 Å². The number of thioether (sulfide) groups is 2. The molecule has 1 saturated heterocycles. The SMILES string of the molecule is CC(C)Cn1ccnc1NC(=O)c1ccc(C2SCCS2)cc1. The molecule has 1 amide bonds. The maximum atomic E-state index is 12.4. The Hall–Kier alpha value is -1.40. The highest BCUT2D eigenvalue weighted by Crippen LogP contribution is 2.45. The normalized spacial score (nSPS) is 15.3. The molecule has 122 valence electrons. The Balaban J connectivity index is 1.67. The Morgan fingerprint density at radius 2 is 2.00 bits per heavy atom. The summed E-state index contributed by atoms with van der Waals surface area (Å²) in [4.78, 5) is 16.6. The molecule has 1 aromatic carbocycles. The van der Waals surface area contributed by atoms with E-state index in [-0.39, 0.29) is 5.91 Å². The maximum absolute atomic E-state index is 12.4. The van der Waals surface area contributed by atoms with Crippen LogP contribution in [0.4, 0.5) is 5.95 Å². The average molecular weight is 348 g/mol. The van der Waals surface area contributed by atoms with Crippen LogP contribution in [0.1, 0.15) is 34.4 Å². The fraction of sp³-hybridized carbons (Fsp3) is 0.412. The third-order valence-electron chi connectivity index (χ3n) is 3.57. The third-order valence-corrected chi connectivity index (χ3v) is 6.67. The first-order valence-corrected chi connectivity index (χ1v) is 9.89. The monoisotopic (exact) mass is 347 g/mol. The fourth-order valence-corrected chi connectivity index (χ4v) is 5.35. The molecule has 6 heteroatoms. The van der Waals surface area contributed by atoms with Crippen LogP contribution in [0.3, 0.4) is 0 Å². The summed E-state index contributed by atoms with van der Waals surface area (Å²) >= 11 is 3.94. The van der Waals surface area contributed by atoms with E-state index in [0.29, 0.717) is 22.0 Å². The Morgan fingerprint density at radius 1 is 1.30 bits per heavy atom. The van der Waals surface area contributed by atoms with Crippen molar-refractivity contribution in [3.63, 3.8) is 0 Å². The number of anilines is 1. The quantitative estimate of drug-likeness (QED) is 0.877. The number of nitrogens with one attached hydrogen (secondary N) is 1. The first kappa shape index (κ1) is 16.5. The van der Waals surface area contributed by atoms with Gasteiger partial charge in [-0.3, -0.25) is 10.1 Å². The lowest BCUT2D eigenvalue weighted by Crippen LogP contribution is -2.17. The second-order valence-electron chi connectivity index (χ2n) is 5.95. The van der Waals surface area contributed by atoms with E-state index in [9.17, 15) is 4.79 Å². The molecule has 1 aliphatic rings. The second kappa shape index (κ2) is 7.45. The molecule has 3 rings (SSSR count). The predicted octanol–water partition coefficient (Wildman–Crippen LogP) is 4.27. The molecule has 0 aliphatic carbocycles. The van der Waals surface area contributed by atoms with Crippen molar-refractivity contribution in [2.45, 2.75) is 25.0 Å². The van der Waals surface area contributed by atoms with Crippen molar-refractivity contribution >= 4 is 35.4 Å². The Labute approximate surface area is 145 Å². The zero-order chi connectivity index (χ0) is 16.2. The first-order chi connectivity index (χ1) is 11.1. The van der Waals surface area contributed by atoms with Gasteiger partial charge in [-0.25, -0.2) is 4.98 Å². The molecule has 4 nitrogen and oxygen atoms in total. The molecule has 1 aliphatic heterocycles. The number of nitrogens with zero attached hydrogens (tertiary/aromatic N) is 2. The van der Waals surface area contributed by atoms with Crippen LogP contribution in [0.2, 0.25) is 0 Å². The van der Waals surface area contributed by atoms with Gasteiger partial charge in [-0.15, -0.1) is 23.5 Å². The molecule has 0 radical (unpaired) electrons. The first-order valence-electron chi connectivity index (χ1n) is 7.79. The average Bonchev–Trinajstić information content (AvgIpc) is 3.19. The predicted molar refractivity (Wildman–Crippen MR) is 99.1 cm³/mol. The van der Waals surface area contributed by atoms with Gasteiger partial charge in [0, 0.05) is 36.0 Å². The van der Waals surface area contributed by atoms with Crippen LogP contribution >= 0.6 is 23.5 Å². The van der Waals surface area contributed by atoms with E-state index in [1.165, 1.54) is 17.1 Å². The summed E-state index contributed by atoms with van der Waals surface area (Å²) in [5.74, 6) is 3.40. The van der Waals surface area contributed by atoms with Crippen molar-refractivity contribution in [3.8, 4) is 0 Å². The van der Waals surface area contributed by atoms with Gasteiger partial charge in [0.25, 0.3) is 5.91 Å². The van der Waals surface area contributed by atoms with Crippen LogP contribution in [0.15, 0.2) is 36.7 Å². The van der Waals surface area contributed by atoms with Gasteiger partial charge < -0.3 is 4.57 Å². The standard InChI is InChI=1S/C17H21N3OS2/c1-12(2)11-20-8-7-18-17(20)19-15(21)13-3-5-14(6-4-13)16-22-9-10-23-16/h3-8,12,16H,9-11H2,1-2H3,(H,18,19,21). The van der Waals surface area contributed by atoms with Crippen LogP contribution in [0, 0.1) is 5.92 Å². The number of imidazole rings is 1. The number of aromatic nitrogens is 2. The van der Waals surface area contributed by atoms with Gasteiger partial charge >= 0.3 is 0 Å². The Kier molecular flexibility index (Phi) is 5.33. The lowest BCUT2D eigenvalue weighted by atomic mass is 10.1. The summed E-state index contributed by atoms with van der Waals surface area (Å²) in [5, 5.41) is 2.90. The number of hydrogen-bond donors (Lipinski definition) is 1. The van der Waals surface area contributed by atoms with Gasteiger partial charge in [0.05, 0.1) is 4.58 Å². The number of amides is 1. The highest BCUT2D eigenvalue weighted by atomic mass is 32.2. The number of carbonyl (C=O) groups is 1. The molecule has 1 fully saturated rings. The minimum absolute atomic E-state index is 0.112. The largest absolute Gasteiger partial charge is 0.317 e. The molecule has 1 N–H and O–H groups in total. The molecule has 0 spiro atoms. The molecule has 0 atom stereocenters. The number of carbonyl (C=O) groups excluding carboxylic acids is 1. The van der Waals surface area contributed by atoms with Gasteiger partial charge in [0.15, 0.2) is 0 Å². The molecular weight excluding hydrogens is 326 g/mol. The van der Waals surface area contributed by atoms with Crippen molar-refractivity contribution in [2.75, 3.05) is 16.8 Å². The summed E-state index contributed by atoms with van der Waals surface area (Å²) in [6.45, 7) is 5.12. The smallest absolute Gasteiger partial charge is 0.257 e. The molecule has 0 bridgehead atoms. The molecule has 2 heterocycles. The van der Waals surface area contributed by atoms with E-state index < -0.39 is 0 Å². The highest BCUT2D eigenvalue weighted by molar-refractivity contribution is 8.19. The maximum Gasteiger partial charge on any atom is 0.257 e.